The number of nitrogens with zero attached hydrogens (tertiary/aromatic N) is 4. The molecular formula is C49H50IrN4-2. The molecule has 2 heterocycles. The van der Waals surface area contributed by atoms with Gasteiger partial charge in [0.1, 0.15) is 0 Å². The fraction of sp³-hybridized carbons (Fsp3) is 0.265. The van der Waals surface area contributed by atoms with E-state index in [2.05, 4.69) is 161 Å². The van der Waals surface area contributed by atoms with Gasteiger partial charge in [-0.2, -0.15) is 0 Å². The van der Waals surface area contributed by atoms with Crippen molar-refractivity contribution in [2.75, 3.05) is 0 Å². The maximum atomic E-state index is 4.73. The van der Waals surface area contributed by atoms with Crippen LogP contribution in [0, 0.1) is 12.1 Å². The SMILES string of the molecule is CC(C)c1cc(C(C)C)c(-n2ccnc2-c2[c-]cccc2)c2c1Cc1ccccc1-2.CC(C)c1cccc(C(C)C)c1-n1ccnc1-c1[c-]cccc1.[Ir]. The molecule has 0 atom stereocenters. The van der Waals surface area contributed by atoms with Crippen LogP contribution in [-0.2, 0) is 26.5 Å². The molecule has 2 aromatic heterocycles. The van der Waals surface area contributed by atoms with Crippen LogP contribution in [0.5, 0.6) is 0 Å². The van der Waals surface area contributed by atoms with Crippen molar-refractivity contribution < 1.29 is 20.1 Å². The van der Waals surface area contributed by atoms with Crippen LogP contribution in [0.25, 0.3) is 45.3 Å². The molecule has 8 rings (SSSR count). The monoisotopic (exact) mass is 887 g/mol. The second-order valence-electron chi connectivity index (χ2n) is 15.3. The van der Waals surface area contributed by atoms with Gasteiger partial charge in [0.2, 0.25) is 0 Å². The Kier molecular flexibility index (Phi) is 12.0. The molecule has 1 radical (unpaired) electrons. The molecule has 1 aliphatic rings. The van der Waals surface area contributed by atoms with Gasteiger partial charge in [0.25, 0.3) is 0 Å². The Morgan fingerprint density at radius 2 is 1.04 bits per heavy atom. The average Bonchev–Trinajstić information content (AvgIpc) is 3.94. The number of imidazole rings is 2. The quantitative estimate of drug-likeness (QED) is 0.143. The molecule has 7 aromatic rings. The Bertz CT molecular complexity index is 2300. The summed E-state index contributed by atoms with van der Waals surface area (Å²) in [6.07, 6.45) is 8.95. The van der Waals surface area contributed by atoms with Crippen LogP contribution in [0.3, 0.4) is 0 Å². The van der Waals surface area contributed by atoms with Gasteiger partial charge in [0.05, 0.1) is 11.6 Å². The van der Waals surface area contributed by atoms with E-state index < -0.39 is 0 Å². The maximum absolute atomic E-state index is 4.73. The Balaban J connectivity index is 0.000000187. The largest absolute Gasteiger partial charge is 0.340 e. The zero-order valence-electron chi connectivity index (χ0n) is 32.7. The van der Waals surface area contributed by atoms with Crippen LogP contribution in [0.4, 0.5) is 0 Å². The molecule has 5 aromatic carbocycles. The summed E-state index contributed by atoms with van der Waals surface area (Å²) in [5.74, 6) is 3.70. The van der Waals surface area contributed by atoms with E-state index in [0.29, 0.717) is 23.7 Å². The zero-order chi connectivity index (χ0) is 37.2. The molecule has 4 nitrogen and oxygen atoms in total. The van der Waals surface area contributed by atoms with Gasteiger partial charge in [-0.1, -0.05) is 104 Å². The molecule has 0 unspecified atom stereocenters. The minimum Gasteiger partial charge on any atom is -0.340 e. The van der Waals surface area contributed by atoms with Crippen LogP contribution in [0.2, 0.25) is 0 Å². The standard InChI is InChI=1S/C28H27N2.C21H23N2.Ir/c1-18(2)23-17-24(19(3)4)27(26-22-13-9-8-12-21(22)16-25(23)26)30-15-14-29-28(30)20-10-6-5-7-11-20;1-15(2)18-11-8-12-19(16(3)4)20(18)23-14-13-22-21(23)17-9-6-5-7-10-17;/h5-10,12-15,17-19H,16H2,1-4H3;5-9,11-16H,1-4H3;/q2*-1;. The Hall–Kier alpha value is -4.83. The van der Waals surface area contributed by atoms with E-state index in [1.807, 2.05) is 42.7 Å². The van der Waals surface area contributed by atoms with Gasteiger partial charge < -0.3 is 9.13 Å². The van der Waals surface area contributed by atoms with E-state index in [4.69, 9.17) is 4.98 Å². The molecule has 0 aliphatic heterocycles. The first-order valence-corrected chi connectivity index (χ1v) is 19.1. The fourth-order valence-corrected chi connectivity index (χ4v) is 7.78. The molecule has 0 spiro atoms. The normalized spacial score (nSPS) is 11.8. The first kappa shape index (κ1) is 38.9. The van der Waals surface area contributed by atoms with Gasteiger partial charge in [-0.25, -0.2) is 0 Å². The predicted octanol–water partition coefficient (Wildman–Crippen LogP) is 12.7. The topological polar surface area (TPSA) is 35.6 Å². The van der Waals surface area contributed by atoms with Crippen LogP contribution in [-0.4, -0.2) is 19.1 Å². The van der Waals surface area contributed by atoms with Crippen molar-refractivity contribution in [3.8, 4) is 45.3 Å². The summed E-state index contributed by atoms with van der Waals surface area (Å²) in [5, 5.41) is 0. The third kappa shape index (κ3) is 7.45. The molecular weight excluding hydrogens is 837 g/mol. The third-order valence-corrected chi connectivity index (χ3v) is 10.4. The van der Waals surface area contributed by atoms with E-state index in [-0.39, 0.29) is 20.1 Å². The summed E-state index contributed by atoms with van der Waals surface area (Å²) in [6, 6.07) is 40.7. The Labute approximate surface area is 335 Å². The van der Waals surface area contributed by atoms with E-state index in [1.54, 1.807) is 0 Å². The van der Waals surface area contributed by atoms with Crippen molar-refractivity contribution in [3.05, 3.63) is 167 Å². The number of benzene rings is 5. The minimum absolute atomic E-state index is 0. The molecule has 0 saturated heterocycles. The van der Waals surface area contributed by atoms with Crippen molar-refractivity contribution in [2.45, 2.75) is 85.5 Å². The smallest absolute Gasteiger partial charge is 0.0602 e. The van der Waals surface area contributed by atoms with E-state index in [1.165, 1.54) is 55.9 Å². The summed E-state index contributed by atoms with van der Waals surface area (Å²) in [6.45, 7) is 18.2. The summed E-state index contributed by atoms with van der Waals surface area (Å²) in [4.78, 5) is 9.33. The molecule has 1 aliphatic carbocycles. The van der Waals surface area contributed by atoms with Crippen molar-refractivity contribution in [3.63, 3.8) is 0 Å². The second-order valence-corrected chi connectivity index (χ2v) is 15.3. The van der Waals surface area contributed by atoms with E-state index in [0.717, 1.165) is 29.2 Å². The van der Waals surface area contributed by atoms with E-state index in [9.17, 15) is 0 Å². The molecule has 54 heavy (non-hydrogen) atoms. The molecule has 0 bridgehead atoms. The Morgan fingerprint density at radius 3 is 1.54 bits per heavy atom. The minimum atomic E-state index is 0. The summed E-state index contributed by atoms with van der Waals surface area (Å²) in [5.41, 5.74) is 15.8. The van der Waals surface area contributed by atoms with Crippen molar-refractivity contribution in [1.29, 1.82) is 0 Å². The molecule has 0 saturated carbocycles. The number of hydrogen-bond donors (Lipinski definition) is 0. The van der Waals surface area contributed by atoms with Gasteiger partial charge in [0.15, 0.2) is 0 Å². The number of aromatic nitrogens is 4. The van der Waals surface area contributed by atoms with Crippen LogP contribution < -0.4 is 0 Å². The predicted molar refractivity (Wildman–Crippen MR) is 220 cm³/mol. The first-order valence-electron chi connectivity index (χ1n) is 19.1. The fourth-order valence-electron chi connectivity index (χ4n) is 7.78. The van der Waals surface area contributed by atoms with Gasteiger partial charge >= 0.3 is 0 Å². The average molecular weight is 887 g/mol. The summed E-state index contributed by atoms with van der Waals surface area (Å²) < 4.78 is 4.50. The van der Waals surface area contributed by atoms with Crippen LogP contribution in [0.15, 0.2) is 122 Å². The van der Waals surface area contributed by atoms with E-state index >= 15 is 0 Å². The zero-order valence-corrected chi connectivity index (χ0v) is 35.1. The first-order chi connectivity index (χ1) is 25.7. The second kappa shape index (κ2) is 16.7. The molecule has 5 heteroatoms. The number of rotatable bonds is 8. The molecule has 0 fully saturated rings. The summed E-state index contributed by atoms with van der Waals surface area (Å²) >= 11 is 0. The summed E-state index contributed by atoms with van der Waals surface area (Å²) in [7, 11) is 0. The third-order valence-electron chi connectivity index (χ3n) is 10.4. The van der Waals surface area contributed by atoms with Crippen LogP contribution >= 0.6 is 0 Å². The van der Waals surface area contributed by atoms with Crippen LogP contribution in [0.1, 0.15) is 112 Å². The van der Waals surface area contributed by atoms with Crippen molar-refractivity contribution >= 4 is 0 Å². The molecule has 277 valence electrons. The number of fused-ring (bicyclic) bond motifs is 3. The molecule has 0 N–H and O–H groups in total. The molecule has 0 amide bonds. The van der Waals surface area contributed by atoms with Gasteiger partial charge in [0, 0.05) is 61.8 Å². The van der Waals surface area contributed by atoms with Gasteiger partial charge in [-0.05, 0) is 69.0 Å². The number of para-hydroxylation sites is 1. The van der Waals surface area contributed by atoms with Gasteiger partial charge in [-0.15, -0.1) is 71.8 Å². The number of hydrogen-bond acceptors (Lipinski definition) is 2. The maximum Gasteiger partial charge on any atom is 0.0602 e. The van der Waals surface area contributed by atoms with Crippen molar-refractivity contribution in [2.24, 2.45) is 0 Å². The van der Waals surface area contributed by atoms with Gasteiger partial charge in [-0.3, -0.25) is 9.97 Å². The Morgan fingerprint density at radius 1 is 0.537 bits per heavy atom. The van der Waals surface area contributed by atoms with Crippen molar-refractivity contribution in [1.82, 2.24) is 19.1 Å².